The first-order valence-corrected chi connectivity index (χ1v) is 28.1. The second-order valence-corrected chi connectivity index (χ2v) is 19.3. The minimum atomic E-state index is -0.863. The van der Waals surface area contributed by atoms with E-state index in [1.54, 1.807) is 6.08 Å². The predicted octanol–water partition coefficient (Wildman–Crippen LogP) is 17.1. The van der Waals surface area contributed by atoms with Gasteiger partial charge in [0, 0.05) is 12.8 Å². The lowest BCUT2D eigenvalue weighted by Crippen LogP contribution is -2.45. The van der Waals surface area contributed by atoms with E-state index in [1.165, 1.54) is 218 Å². The minimum absolute atomic E-state index is 0.0352. The summed E-state index contributed by atoms with van der Waals surface area (Å²) in [4.78, 5) is 24.5. The van der Waals surface area contributed by atoms with Crippen LogP contribution in [0.25, 0.3) is 0 Å². The highest BCUT2D eigenvalue weighted by Crippen LogP contribution is 2.17. The number of aliphatic hydroxyl groups excluding tert-OH is 2. The van der Waals surface area contributed by atoms with Crippen LogP contribution in [0, 0.1) is 0 Å². The molecule has 0 aromatic rings. The van der Waals surface area contributed by atoms with Crippen molar-refractivity contribution in [2.45, 2.75) is 315 Å². The van der Waals surface area contributed by atoms with E-state index in [1.807, 2.05) is 6.08 Å². The summed E-state index contributed by atoms with van der Waals surface area (Å²) in [5, 5.41) is 23.1. The third-order valence-corrected chi connectivity index (χ3v) is 13.0. The third-order valence-electron chi connectivity index (χ3n) is 13.0. The fourth-order valence-corrected chi connectivity index (χ4v) is 8.63. The Kier molecular flexibility index (Phi) is 51.6. The maximum atomic E-state index is 12.5. The van der Waals surface area contributed by atoms with Crippen molar-refractivity contribution in [3.63, 3.8) is 0 Å². The van der Waals surface area contributed by atoms with Crippen LogP contribution in [0.15, 0.2) is 24.3 Å². The van der Waals surface area contributed by atoms with Crippen LogP contribution in [0.3, 0.4) is 0 Å². The molecule has 0 spiro atoms. The van der Waals surface area contributed by atoms with Crippen LogP contribution >= 0.6 is 0 Å². The van der Waals surface area contributed by atoms with Gasteiger partial charge in [-0.2, -0.15) is 0 Å². The molecule has 0 aromatic carbocycles. The summed E-state index contributed by atoms with van der Waals surface area (Å²) in [5.41, 5.74) is 0. The normalized spacial score (nSPS) is 12.8. The summed E-state index contributed by atoms with van der Waals surface area (Å²) < 4.78 is 5.45. The smallest absolute Gasteiger partial charge is 0.305 e. The van der Waals surface area contributed by atoms with Gasteiger partial charge in [-0.05, 0) is 57.8 Å². The zero-order valence-corrected chi connectivity index (χ0v) is 42.3. The van der Waals surface area contributed by atoms with E-state index in [0.717, 1.165) is 57.8 Å². The summed E-state index contributed by atoms with van der Waals surface area (Å²) in [7, 11) is 0. The van der Waals surface area contributed by atoms with E-state index in [4.69, 9.17) is 4.74 Å². The highest BCUT2D eigenvalue weighted by Gasteiger charge is 2.18. The van der Waals surface area contributed by atoms with Gasteiger partial charge in [-0.25, -0.2) is 0 Å². The Hall–Kier alpha value is -1.66. The van der Waals surface area contributed by atoms with Crippen LogP contribution in [0.4, 0.5) is 0 Å². The number of esters is 1. The van der Waals surface area contributed by atoms with E-state index < -0.39 is 12.1 Å². The molecule has 0 heterocycles. The molecule has 0 bridgehead atoms. The summed E-state index contributed by atoms with van der Waals surface area (Å²) in [6.45, 7) is 4.84. The van der Waals surface area contributed by atoms with E-state index in [9.17, 15) is 19.8 Å². The average Bonchev–Trinajstić information content (AvgIpc) is 3.28. The molecule has 0 aliphatic rings. The molecule has 0 rings (SSSR count). The number of carbonyl (C=O) groups excluding carboxylic acids is 2. The zero-order chi connectivity index (χ0) is 45.8. The van der Waals surface area contributed by atoms with Crippen molar-refractivity contribution in [3.05, 3.63) is 24.3 Å². The standard InChI is InChI=1S/C57H109NO5/c1-3-5-7-9-11-13-15-17-19-20-21-22-23-24-25-26-27-28-30-33-37-41-45-49-55(60)54(53-59)58-56(61)50-46-42-38-34-32-36-40-44-48-52-63-57(62)51-47-43-39-35-31-29-18-16-14-12-10-8-6-4-2/h16,18,45,49,54-55,59-60H,3-15,17,19-44,46-48,50-53H2,1-2H3,(H,58,61)/b18-16-,49-45+. The Labute approximate surface area is 392 Å². The fourth-order valence-electron chi connectivity index (χ4n) is 8.63. The number of allylic oxidation sites excluding steroid dienone is 3. The number of amides is 1. The van der Waals surface area contributed by atoms with Crippen molar-refractivity contribution < 1.29 is 24.5 Å². The van der Waals surface area contributed by atoms with Crippen LogP contribution < -0.4 is 5.32 Å². The lowest BCUT2D eigenvalue weighted by Gasteiger charge is -2.20. The van der Waals surface area contributed by atoms with E-state index in [0.29, 0.717) is 19.4 Å². The van der Waals surface area contributed by atoms with Gasteiger partial charge in [0.25, 0.3) is 0 Å². The van der Waals surface area contributed by atoms with Gasteiger partial charge in [0.15, 0.2) is 0 Å². The maximum Gasteiger partial charge on any atom is 0.305 e. The molecule has 63 heavy (non-hydrogen) atoms. The molecule has 0 saturated carbocycles. The molecule has 2 atom stereocenters. The third kappa shape index (κ3) is 49.6. The molecule has 0 fully saturated rings. The molecule has 2 unspecified atom stereocenters. The van der Waals surface area contributed by atoms with Crippen LogP contribution in [-0.2, 0) is 14.3 Å². The topological polar surface area (TPSA) is 95.9 Å². The molecule has 3 N–H and O–H groups in total. The van der Waals surface area contributed by atoms with Gasteiger partial charge in [-0.3, -0.25) is 9.59 Å². The Balaban J connectivity index is 3.52. The summed E-state index contributed by atoms with van der Waals surface area (Å²) >= 11 is 0. The molecular weight excluding hydrogens is 779 g/mol. The quantitative estimate of drug-likeness (QED) is 0.0321. The van der Waals surface area contributed by atoms with E-state index in [-0.39, 0.29) is 18.5 Å². The van der Waals surface area contributed by atoms with Gasteiger partial charge in [-0.1, -0.05) is 256 Å². The number of aliphatic hydroxyl groups is 2. The fraction of sp³-hybridized carbons (Fsp3) is 0.895. The van der Waals surface area contributed by atoms with Gasteiger partial charge in [-0.15, -0.1) is 0 Å². The molecule has 0 aliphatic carbocycles. The number of rotatable bonds is 52. The summed E-state index contributed by atoms with van der Waals surface area (Å²) in [6, 6.07) is -0.649. The average molecular weight is 889 g/mol. The highest BCUT2D eigenvalue weighted by atomic mass is 16.5. The number of hydrogen-bond donors (Lipinski definition) is 3. The molecule has 6 nitrogen and oxygen atoms in total. The first kappa shape index (κ1) is 61.3. The Morgan fingerprint density at radius 1 is 0.429 bits per heavy atom. The number of unbranched alkanes of at least 4 members (excludes halogenated alkanes) is 39. The van der Waals surface area contributed by atoms with Crippen molar-refractivity contribution in [2.75, 3.05) is 13.2 Å². The molecule has 1 amide bonds. The van der Waals surface area contributed by atoms with Gasteiger partial charge in [0.05, 0.1) is 25.4 Å². The summed E-state index contributed by atoms with van der Waals surface area (Å²) in [5.74, 6) is -0.129. The highest BCUT2D eigenvalue weighted by molar-refractivity contribution is 5.76. The van der Waals surface area contributed by atoms with Crippen LogP contribution in [0.2, 0.25) is 0 Å². The van der Waals surface area contributed by atoms with Crippen LogP contribution in [0.1, 0.15) is 303 Å². The van der Waals surface area contributed by atoms with Crippen molar-refractivity contribution in [3.8, 4) is 0 Å². The largest absolute Gasteiger partial charge is 0.466 e. The van der Waals surface area contributed by atoms with Crippen molar-refractivity contribution in [2.24, 2.45) is 0 Å². The minimum Gasteiger partial charge on any atom is -0.466 e. The molecule has 0 radical (unpaired) electrons. The molecular formula is C57H109NO5. The number of hydrogen-bond acceptors (Lipinski definition) is 5. The summed E-state index contributed by atoms with van der Waals surface area (Å²) in [6.07, 6.45) is 63.3. The van der Waals surface area contributed by atoms with Crippen LogP contribution in [-0.4, -0.2) is 47.4 Å². The van der Waals surface area contributed by atoms with Crippen LogP contribution in [0.5, 0.6) is 0 Å². The first-order valence-electron chi connectivity index (χ1n) is 28.1. The number of carbonyl (C=O) groups is 2. The molecule has 6 heteroatoms. The predicted molar refractivity (Wildman–Crippen MR) is 273 cm³/mol. The SMILES string of the molecule is CCCCCCC/C=C\CCCCCCCC(=O)OCCCCCCCCCCCC(=O)NC(CO)C(O)/C=C/CCCCCCCCCCCCCCCCCCCCCCC. The van der Waals surface area contributed by atoms with Crippen molar-refractivity contribution >= 4 is 11.9 Å². The Bertz CT molecular complexity index is 982. The lowest BCUT2D eigenvalue weighted by molar-refractivity contribution is -0.143. The van der Waals surface area contributed by atoms with Gasteiger partial charge < -0.3 is 20.3 Å². The van der Waals surface area contributed by atoms with E-state index >= 15 is 0 Å². The Morgan fingerprint density at radius 3 is 1.13 bits per heavy atom. The van der Waals surface area contributed by atoms with E-state index in [2.05, 4.69) is 31.3 Å². The second-order valence-electron chi connectivity index (χ2n) is 19.3. The monoisotopic (exact) mass is 888 g/mol. The second kappa shape index (κ2) is 53.0. The number of ether oxygens (including phenoxy) is 1. The van der Waals surface area contributed by atoms with Gasteiger partial charge >= 0.3 is 5.97 Å². The zero-order valence-electron chi connectivity index (χ0n) is 42.3. The molecule has 0 aromatic heterocycles. The maximum absolute atomic E-state index is 12.5. The first-order chi connectivity index (χ1) is 31.0. The Morgan fingerprint density at radius 2 is 0.746 bits per heavy atom. The molecule has 372 valence electrons. The molecule has 0 saturated heterocycles. The molecule has 0 aliphatic heterocycles. The number of nitrogens with one attached hydrogen (secondary N) is 1. The van der Waals surface area contributed by atoms with Crippen molar-refractivity contribution in [1.82, 2.24) is 5.32 Å². The van der Waals surface area contributed by atoms with Crippen molar-refractivity contribution in [1.29, 1.82) is 0 Å². The van der Waals surface area contributed by atoms with Gasteiger partial charge in [0.2, 0.25) is 5.91 Å². The van der Waals surface area contributed by atoms with Gasteiger partial charge in [0.1, 0.15) is 0 Å². The lowest BCUT2D eigenvalue weighted by atomic mass is 10.0.